The quantitative estimate of drug-likeness (QED) is 0.480. The zero-order chi connectivity index (χ0) is 14.8. The van der Waals surface area contributed by atoms with Gasteiger partial charge in [0.15, 0.2) is 0 Å². The summed E-state index contributed by atoms with van der Waals surface area (Å²) in [6, 6.07) is 9.78. The first-order valence-electron chi connectivity index (χ1n) is 6.65. The van der Waals surface area contributed by atoms with E-state index in [-0.39, 0.29) is 6.04 Å². The number of benzene rings is 1. The molecule has 0 amide bonds. The first-order chi connectivity index (χ1) is 9.69. The lowest BCUT2D eigenvalue weighted by molar-refractivity contribution is 0.963. The van der Waals surface area contributed by atoms with Gasteiger partial charge in [0, 0.05) is 12.1 Å². The molecular weight excluding hydrogens is 246 g/mol. The molecular formula is C17H21N3. The van der Waals surface area contributed by atoms with Crippen molar-refractivity contribution < 1.29 is 0 Å². The van der Waals surface area contributed by atoms with E-state index in [1.807, 2.05) is 56.3 Å². The third kappa shape index (κ3) is 5.21. The molecule has 2 N–H and O–H groups in total. The topological polar surface area (TPSA) is 50.7 Å². The molecule has 0 aliphatic rings. The number of nitrogens with two attached hydrogens (primary N) is 1. The van der Waals surface area contributed by atoms with Crippen molar-refractivity contribution in [3.05, 3.63) is 48.0 Å². The average Bonchev–Trinajstić information content (AvgIpc) is 2.49. The Morgan fingerprint density at radius 1 is 1.35 bits per heavy atom. The van der Waals surface area contributed by atoms with Crippen molar-refractivity contribution in [1.29, 1.82) is 0 Å². The van der Waals surface area contributed by atoms with E-state index >= 15 is 0 Å². The van der Waals surface area contributed by atoms with Crippen LogP contribution in [0.2, 0.25) is 0 Å². The monoisotopic (exact) mass is 267 g/mol. The van der Waals surface area contributed by atoms with Crippen LogP contribution in [0.5, 0.6) is 0 Å². The number of hydrogen-bond acceptors (Lipinski definition) is 3. The zero-order valence-electron chi connectivity index (χ0n) is 12.1. The molecule has 104 valence electrons. The molecule has 3 nitrogen and oxygen atoms in total. The Morgan fingerprint density at radius 2 is 2.05 bits per heavy atom. The Hall–Kier alpha value is -2.18. The highest BCUT2D eigenvalue weighted by atomic mass is 14.8. The van der Waals surface area contributed by atoms with Gasteiger partial charge in [-0.3, -0.25) is 9.98 Å². The molecule has 1 aromatic carbocycles. The fourth-order valence-corrected chi connectivity index (χ4v) is 1.64. The van der Waals surface area contributed by atoms with Gasteiger partial charge in [0.05, 0.1) is 18.0 Å². The molecule has 0 saturated carbocycles. The van der Waals surface area contributed by atoms with Crippen LogP contribution in [0.15, 0.2) is 52.5 Å². The van der Waals surface area contributed by atoms with E-state index in [1.54, 1.807) is 0 Å². The summed E-state index contributed by atoms with van der Waals surface area (Å²) in [5.41, 5.74) is 8.15. The summed E-state index contributed by atoms with van der Waals surface area (Å²) in [7, 11) is 0. The number of nitrogens with zero attached hydrogens (tertiary/aromatic N) is 2. The minimum Gasteiger partial charge on any atom is -0.327 e. The minimum absolute atomic E-state index is 0.171. The number of terminal acetylenes is 1. The third-order valence-electron chi connectivity index (χ3n) is 2.69. The highest BCUT2D eigenvalue weighted by Gasteiger charge is 2.08. The molecule has 1 aromatic rings. The first kappa shape index (κ1) is 15.9. The maximum atomic E-state index is 5.42. The summed E-state index contributed by atoms with van der Waals surface area (Å²) >= 11 is 0. The summed E-state index contributed by atoms with van der Waals surface area (Å²) < 4.78 is 0. The van der Waals surface area contributed by atoms with Crippen molar-refractivity contribution in [3.63, 3.8) is 0 Å². The van der Waals surface area contributed by atoms with Crippen LogP contribution < -0.4 is 5.73 Å². The van der Waals surface area contributed by atoms with E-state index in [1.165, 1.54) is 0 Å². The molecule has 0 aliphatic carbocycles. The van der Waals surface area contributed by atoms with E-state index in [4.69, 9.17) is 12.2 Å². The van der Waals surface area contributed by atoms with Gasteiger partial charge >= 0.3 is 0 Å². The second-order valence-corrected chi connectivity index (χ2v) is 4.32. The normalized spacial score (nSPS) is 14.3. The fraction of sp³-hybridized carbons (Fsp3) is 0.294. The first-order valence-corrected chi connectivity index (χ1v) is 6.65. The smallest absolute Gasteiger partial charge is 0.108 e. The van der Waals surface area contributed by atoms with Gasteiger partial charge in [-0.05, 0) is 13.8 Å². The largest absolute Gasteiger partial charge is 0.327 e. The van der Waals surface area contributed by atoms with Gasteiger partial charge in [0.1, 0.15) is 6.04 Å². The Balaban J connectivity index is 3.03. The molecule has 0 bridgehead atoms. The Morgan fingerprint density at radius 3 is 2.65 bits per heavy atom. The molecule has 1 atom stereocenters. The molecule has 0 aromatic heterocycles. The SMILES string of the molecule is C#CC(C)N=C(C(C)=NC/C=C\CN)c1ccccc1. The highest BCUT2D eigenvalue weighted by Crippen LogP contribution is 2.05. The molecule has 3 heteroatoms. The predicted octanol–water partition coefficient (Wildman–Crippen LogP) is 2.47. The molecule has 0 aliphatic heterocycles. The summed E-state index contributed by atoms with van der Waals surface area (Å²) in [5.74, 6) is 2.62. The van der Waals surface area contributed by atoms with Gasteiger partial charge in [0.25, 0.3) is 0 Å². The van der Waals surface area contributed by atoms with Gasteiger partial charge in [0.2, 0.25) is 0 Å². The van der Waals surface area contributed by atoms with Gasteiger partial charge in [-0.1, -0.05) is 48.4 Å². The van der Waals surface area contributed by atoms with Crippen molar-refractivity contribution in [2.24, 2.45) is 15.7 Å². The molecule has 0 spiro atoms. The van der Waals surface area contributed by atoms with Crippen LogP contribution in [0, 0.1) is 12.3 Å². The minimum atomic E-state index is -0.171. The van der Waals surface area contributed by atoms with E-state index in [2.05, 4.69) is 15.9 Å². The zero-order valence-corrected chi connectivity index (χ0v) is 12.1. The molecule has 0 fully saturated rings. The summed E-state index contributed by atoms with van der Waals surface area (Å²) in [6.45, 7) is 4.97. The Labute approximate surface area is 121 Å². The van der Waals surface area contributed by atoms with Crippen LogP contribution in [0.3, 0.4) is 0 Å². The fourth-order valence-electron chi connectivity index (χ4n) is 1.64. The van der Waals surface area contributed by atoms with E-state index in [9.17, 15) is 0 Å². The van der Waals surface area contributed by atoms with Crippen molar-refractivity contribution in [2.45, 2.75) is 19.9 Å². The van der Waals surface area contributed by atoms with E-state index in [0.29, 0.717) is 13.1 Å². The molecule has 1 rings (SSSR count). The molecule has 0 radical (unpaired) electrons. The lowest BCUT2D eigenvalue weighted by Crippen LogP contribution is -2.15. The highest BCUT2D eigenvalue weighted by molar-refractivity contribution is 6.47. The van der Waals surface area contributed by atoms with E-state index in [0.717, 1.165) is 17.0 Å². The van der Waals surface area contributed by atoms with Crippen LogP contribution in [-0.2, 0) is 0 Å². The van der Waals surface area contributed by atoms with Gasteiger partial charge < -0.3 is 5.73 Å². The second kappa shape index (κ2) is 8.84. The molecule has 0 heterocycles. The van der Waals surface area contributed by atoms with Gasteiger partial charge in [-0.25, -0.2) is 0 Å². The maximum absolute atomic E-state index is 5.42. The van der Waals surface area contributed by atoms with Crippen LogP contribution in [-0.4, -0.2) is 30.6 Å². The standard InChI is InChI=1S/C17H21N3/c1-4-14(2)20-17(16-10-6-5-7-11-16)15(3)19-13-9-8-12-18/h1,5-11,14H,12-13,18H2,2-3H3/b9-8-,19-15?,20-17?. The average molecular weight is 267 g/mol. The van der Waals surface area contributed by atoms with Crippen molar-refractivity contribution in [2.75, 3.05) is 13.1 Å². The number of hydrogen-bond donors (Lipinski definition) is 1. The lowest BCUT2D eigenvalue weighted by Gasteiger charge is -2.08. The summed E-state index contributed by atoms with van der Waals surface area (Å²) in [4.78, 5) is 9.07. The molecule has 0 saturated heterocycles. The third-order valence-corrected chi connectivity index (χ3v) is 2.69. The molecule has 1 unspecified atom stereocenters. The van der Waals surface area contributed by atoms with Crippen molar-refractivity contribution in [1.82, 2.24) is 0 Å². The van der Waals surface area contributed by atoms with Crippen LogP contribution in [0.4, 0.5) is 0 Å². The van der Waals surface area contributed by atoms with Crippen molar-refractivity contribution in [3.8, 4) is 12.3 Å². The lowest BCUT2D eigenvalue weighted by atomic mass is 10.1. The predicted molar refractivity (Wildman–Crippen MR) is 87.4 cm³/mol. The maximum Gasteiger partial charge on any atom is 0.108 e. The summed E-state index contributed by atoms with van der Waals surface area (Å²) in [5, 5.41) is 0. The van der Waals surface area contributed by atoms with Gasteiger partial charge in [-0.15, -0.1) is 6.42 Å². The second-order valence-electron chi connectivity index (χ2n) is 4.32. The van der Waals surface area contributed by atoms with Crippen LogP contribution >= 0.6 is 0 Å². The number of rotatable bonds is 6. The Kier molecular flexibility index (Phi) is 7.02. The summed E-state index contributed by atoms with van der Waals surface area (Å²) in [6.07, 6.45) is 9.25. The van der Waals surface area contributed by atoms with Crippen molar-refractivity contribution >= 4 is 11.4 Å². The van der Waals surface area contributed by atoms with Crippen LogP contribution in [0.1, 0.15) is 19.4 Å². The Bertz CT molecular complexity index is 533. The van der Waals surface area contributed by atoms with Crippen LogP contribution in [0.25, 0.3) is 0 Å². The van der Waals surface area contributed by atoms with Gasteiger partial charge in [-0.2, -0.15) is 0 Å². The van der Waals surface area contributed by atoms with E-state index < -0.39 is 0 Å². The number of aliphatic imine (C=N–C) groups is 2. The molecule has 20 heavy (non-hydrogen) atoms.